The molecular weight excluding hydrogens is 242 g/mol. The van der Waals surface area contributed by atoms with E-state index in [1.807, 2.05) is 0 Å². The number of nitrogens with one attached hydrogen (secondary N) is 1. The summed E-state index contributed by atoms with van der Waals surface area (Å²) in [6.45, 7) is 8.57. The minimum Gasteiger partial charge on any atom is -1.00 e. The van der Waals surface area contributed by atoms with Crippen LogP contribution in [-0.4, -0.2) is 19.6 Å². The van der Waals surface area contributed by atoms with E-state index in [9.17, 15) is 0 Å². The van der Waals surface area contributed by atoms with Crippen LogP contribution in [0.25, 0.3) is 0 Å². The number of benzene rings is 1. The molecule has 0 bridgehead atoms. The second-order valence-corrected chi connectivity index (χ2v) is 4.90. The molecule has 1 rings (SSSR count). The maximum atomic E-state index is 2.30. The van der Waals surface area contributed by atoms with Crippen molar-refractivity contribution in [3.05, 3.63) is 35.9 Å². The van der Waals surface area contributed by atoms with E-state index in [1.165, 1.54) is 57.3 Å². The molecule has 0 saturated heterocycles. The molecule has 1 aromatic carbocycles. The number of unbranched alkanes of at least 4 members (excludes halogenated alkanes) is 2. The normalized spacial score (nSPS) is 11.9. The second kappa shape index (κ2) is 11.6. The second-order valence-electron chi connectivity index (χ2n) is 4.90. The van der Waals surface area contributed by atoms with Gasteiger partial charge in [-0.2, -0.15) is 0 Å². The summed E-state index contributed by atoms with van der Waals surface area (Å²) in [4.78, 5) is 1.77. The molecule has 0 aliphatic heterocycles. The third-order valence-electron chi connectivity index (χ3n) is 3.44. The van der Waals surface area contributed by atoms with Crippen LogP contribution in [0.1, 0.15) is 45.1 Å². The van der Waals surface area contributed by atoms with Gasteiger partial charge in [-0.3, -0.25) is 0 Å². The van der Waals surface area contributed by atoms with Crippen molar-refractivity contribution >= 4 is 0 Å². The van der Waals surface area contributed by atoms with Crippen LogP contribution in [0.4, 0.5) is 0 Å². The SMILES string of the molecule is CCC[NH+](CC)CCCCCc1ccccc1.[Cl-]. The van der Waals surface area contributed by atoms with E-state index in [0.717, 1.165) is 0 Å². The lowest BCUT2D eigenvalue weighted by Crippen LogP contribution is -3.11. The fourth-order valence-electron chi connectivity index (χ4n) is 2.36. The van der Waals surface area contributed by atoms with Crippen molar-refractivity contribution < 1.29 is 17.3 Å². The van der Waals surface area contributed by atoms with Crippen molar-refractivity contribution in [2.24, 2.45) is 0 Å². The fourth-order valence-corrected chi connectivity index (χ4v) is 2.36. The lowest BCUT2D eigenvalue weighted by atomic mass is 10.1. The molecular formula is C16H28ClN. The van der Waals surface area contributed by atoms with Gasteiger partial charge in [-0.1, -0.05) is 37.3 Å². The van der Waals surface area contributed by atoms with E-state index >= 15 is 0 Å². The van der Waals surface area contributed by atoms with E-state index in [-0.39, 0.29) is 12.4 Å². The van der Waals surface area contributed by atoms with Gasteiger partial charge in [0.2, 0.25) is 0 Å². The molecule has 0 aromatic heterocycles. The third-order valence-corrected chi connectivity index (χ3v) is 3.44. The number of aryl methyl sites for hydroxylation is 1. The van der Waals surface area contributed by atoms with Gasteiger partial charge in [0.25, 0.3) is 0 Å². The first kappa shape index (κ1) is 17.5. The monoisotopic (exact) mass is 269 g/mol. The smallest absolute Gasteiger partial charge is 0.0770 e. The molecule has 0 heterocycles. The molecule has 0 aliphatic rings. The minimum atomic E-state index is 0. The highest BCUT2D eigenvalue weighted by Crippen LogP contribution is 2.05. The Kier molecular flexibility index (Phi) is 11.2. The van der Waals surface area contributed by atoms with E-state index in [4.69, 9.17) is 0 Å². The van der Waals surface area contributed by atoms with E-state index < -0.39 is 0 Å². The average molecular weight is 270 g/mol. The van der Waals surface area contributed by atoms with Crippen LogP contribution >= 0.6 is 0 Å². The first-order chi connectivity index (χ1) is 8.36. The van der Waals surface area contributed by atoms with Gasteiger partial charge in [-0.15, -0.1) is 0 Å². The Morgan fingerprint density at radius 2 is 1.61 bits per heavy atom. The number of halogens is 1. The Balaban J connectivity index is 0.00000289. The van der Waals surface area contributed by atoms with Gasteiger partial charge in [-0.25, -0.2) is 0 Å². The number of quaternary nitrogens is 1. The molecule has 0 amide bonds. The first-order valence-electron chi connectivity index (χ1n) is 7.24. The number of rotatable bonds is 9. The quantitative estimate of drug-likeness (QED) is 0.588. The summed E-state index contributed by atoms with van der Waals surface area (Å²) < 4.78 is 0. The Bertz CT molecular complexity index is 274. The van der Waals surface area contributed by atoms with Crippen molar-refractivity contribution in [3.63, 3.8) is 0 Å². The first-order valence-corrected chi connectivity index (χ1v) is 7.24. The molecule has 0 spiro atoms. The Morgan fingerprint density at radius 3 is 2.22 bits per heavy atom. The van der Waals surface area contributed by atoms with Gasteiger partial charge >= 0.3 is 0 Å². The summed E-state index contributed by atoms with van der Waals surface area (Å²) in [6, 6.07) is 10.8. The van der Waals surface area contributed by atoms with Gasteiger partial charge in [-0.05, 0) is 44.6 Å². The summed E-state index contributed by atoms with van der Waals surface area (Å²) in [7, 11) is 0. The predicted octanol–water partition coefficient (Wildman–Crippen LogP) is -0.282. The molecule has 1 atom stereocenters. The maximum absolute atomic E-state index is 2.30. The zero-order valence-electron chi connectivity index (χ0n) is 11.9. The lowest BCUT2D eigenvalue weighted by molar-refractivity contribution is -0.898. The van der Waals surface area contributed by atoms with Crippen molar-refractivity contribution in [3.8, 4) is 0 Å². The van der Waals surface area contributed by atoms with Crippen molar-refractivity contribution in [1.29, 1.82) is 0 Å². The van der Waals surface area contributed by atoms with Crippen LogP contribution < -0.4 is 17.3 Å². The molecule has 1 aromatic rings. The van der Waals surface area contributed by atoms with E-state index in [2.05, 4.69) is 44.2 Å². The zero-order chi connectivity index (χ0) is 12.3. The molecule has 0 fully saturated rings. The van der Waals surface area contributed by atoms with Gasteiger partial charge in [0.1, 0.15) is 0 Å². The molecule has 0 saturated carbocycles. The maximum Gasteiger partial charge on any atom is 0.0770 e. The van der Waals surface area contributed by atoms with Crippen LogP contribution in [0, 0.1) is 0 Å². The highest BCUT2D eigenvalue weighted by atomic mass is 35.5. The lowest BCUT2D eigenvalue weighted by Gasteiger charge is -2.16. The zero-order valence-corrected chi connectivity index (χ0v) is 12.7. The molecule has 104 valence electrons. The van der Waals surface area contributed by atoms with Crippen LogP contribution in [0.2, 0.25) is 0 Å². The molecule has 2 heteroatoms. The summed E-state index contributed by atoms with van der Waals surface area (Å²) in [6.07, 6.45) is 6.66. The average Bonchev–Trinajstić information content (AvgIpc) is 2.38. The molecule has 1 nitrogen and oxygen atoms in total. The summed E-state index contributed by atoms with van der Waals surface area (Å²) in [5.41, 5.74) is 1.49. The van der Waals surface area contributed by atoms with E-state index in [1.54, 1.807) is 4.90 Å². The Hall–Kier alpha value is -0.530. The molecule has 0 aliphatic carbocycles. The van der Waals surface area contributed by atoms with Crippen molar-refractivity contribution in [2.75, 3.05) is 19.6 Å². The number of hydrogen-bond acceptors (Lipinski definition) is 0. The third kappa shape index (κ3) is 7.73. The van der Waals surface area contributed by atoms with Crippen LogP contribution in [0.3, 0.4) is 0 Å². The van der Waals surface area contributed by atoms with E-state index in [0.29, 0.717) is 0 Å². The number of hydrogen-bond donors (Lipinski definition) is 1. The largest absolute Gasteiger partial charge is 1.00 e. The summed E-state index contributed by atoms with van der Waals surface area (Å²) in [5, 5.41) is 0. The van der Waals surface area contributed by atoms with Crippen LogP contribution in [0.5, 0.6) is 0 Å². The molecule has 1 N–H and O–H groups in total. The van der Waals surface area contributed by atoms with Gasteiger partial charge in [0.05, 0.1) is 19.6 Å². The van der Waals surface area contributed by atoms with Crippen molar-refractivity contribution in [2.45, 2.75) is 46.0 Å². The Morgan fingerprint density at radius 1 is 0.889 bits per heavy atom. The van der Waals surface area contributed by atoms with Crippen molar-refractivity contribution in [1.82, 2.24) is 0 Å². The summed E-state index contributed by atoms with van der Waals surface area (Å²) in [5.74, 6) is 0. The highest BCUT2D eigenvalue weighted by Gasteiger charge is 2.03. The molecule has 1 unspecified atom stereocenters. The van der Waals surface area contributed by atoms with Crippen LogP contribution in [0.15, 0.2) is 30.3 Å². The fraction of sp³-hybridized carbons (Fsp3) is 0.625. The topological polar surface area (TPSA) is 4.44 Å². The van der Waals surface area contributed by atoms with Gasteiger partial charge in [0.15, 0.2) is 0 Å². The van der Waals surface area contributed by atoms with Gasteiger partial charge < -0.3 is 17.3 Å². The predicted molar refractivity (Wildman–Crippen MR) is 75.5 cm³/mol. The summed E-state index contributed by atoms with van der Waals surface area (Å²) >= 11 is 0. The standard InChI is InChI=1S/C16H27N.ClH/c1-3-14-17(4-2)15-10-6-9-13-16-11-7-5-8-12-16;/h5,7-8,11-12H,3-4,6,9-10,13-15H2,1-2H3;1H. The minimum absolute atomic E-state index is 0. The van der Waals surface area contributed by atoms with Gasteiger partial charge in [0, 0.05) is 0 Å². The van der Waals surface area contributed by atoms with Crippen LogP contribution in [-0.2, 0) is 6.42 Å². The highest BCUT2D eigenvalue weighted by molar-refractivity contribution is 5.14. The Labute approximate surface area is 119 Å². The molecule has 18 heavy (non-hydrogen) atoms. The molecule has 0 radical (unpaired) electrons.